The van der Waals surface area contributed by atoms with Crippen LogP contribution < -0.4 is 10.6 Å². The lowest BCUT2D eigenvalue weighted by Crippen LogP contribution is -2.44. The van der Waals surface area contributed by atoms with Gasteiger partial charge < -0.3 is 15.5 Å². The Kier molecular flexibility index (Phi) is 6.83. The van der Waals surface area contributed by atoms with Crippen molar-refractivity contribution in [3.63, 3.8) is 0 Å². The van der Waals surface area contributed by atoms with Crippen LogP contribution in [0.15, 0.2) is 11.2 Å². The average Bonchev–Trinajstić information content (AvgIpc) is 2.96. The third-order valence-electron chi connectivity index (χ3n) is 4.05. The fourth-order valence-electron chi connectivity index (χ4n) is 2.76. The first kappa shape index (κ1) is 17.7. The summed E-state index contributed by atoms with van der Waals surface area (Å²) in [5.74, 6) is 0.938. The second kappa shape index (κ2) is 8.86. The van der Waals surface area contributed by atoms with Crippen LogP contribution in [0.4, 0.5) is 0 Å². The van der Waals surface area contributed by atoms with Gasteiger partial charge in [-0.2, -0.15) is 0 Å². The van der Waals surface area contributed by atoms with Gasteiger partial charge in [0, 0.05) is 43.7 Å². The van der Waals surface area contributed by atoms with E-state index in [0.29, 0.717) is 31.5 Å². The number of nitrogens with zero attached hydrogens (tertiary/aromatic N) is 3. The van der Waals surface area contributed by atoms with Gasteiger partial charge in [-0.25, -0.2) is 4.98 Å². The van der Waals surface area contributed by atoms with Crippen molar-refractivity contribution in [1.82, 2.24) is 20.5 Å². The molecule has 0 aliphatic carbocycles. The molecule has 0 bridgehead atoms. The molecule has 2 heterocycles. The molecule has 0 spiro atoms. The molecule has 1 fully saturated rings. The molecule has 23 heavy (non-hydrogen) atoms. The Labute approximate surface area is 142 Å². The Bertz CT molecular complexity index is 542. The highest BCUT2D eigenvalue weighted by molar-refractivity contribution is 7.11. The minimum Gasteiger partial charge on any atom is -0.356 e. The summed E-state index contributed by atoms with van der Waals surface area (Å²) in [5, 5.41) is 7.45. The minimum absolute atomic E-state index is 0.232. The van der Waals surface area contributed by atoms with E-state index in [0.717, 1.165) is 24.4 Å². The number of rotatable bonds is 5. The van der Waals surface area contributed by atoms with Gasteiger partial charge in [0.25, 0.3) is 0 Å². The van der Waals surface area contributed by atoms with E-state index in [4.69, 9.17) is 0 Å². The molecule has 1 atom stereocenters. The molecule has 0 aromatic carbocycles. The van der Waals surface area contributed by atoms with Gasteiger partial charge in [-0.3, -0.25) is 9.79 Å². The SMILES string of the molecule is CN=C(NCCC(=O)N1CCCCC1C)NCc1ncc(C)s1. The lowest BCUT2D eigenvalue weighted by Gasteiger charge is -2.33. The van der Waals surface area contributed by atoms with Crippen LogP contribution in [-0.4, -0.2) is 47.9 Å². The van der Waals surface area contributed by atoms with Crippen LogP contribution >= 0.6 is 11.3 Å². The molecule has 1 aromatic rings. The van der Waals surface area contributed by atoms with Crippen LogP contribution in [0.25, 0.3) is 0 Å². The van der Waals surface area contributed by atoms with Crippen molar-refractivity contribution >= 4 is 23.2 Å². The fraction of sp³-hybridized carbons (Fsp3) is 0.688. The summed E-state index contributed by atoms with van der Waals surface area (Å²) in [5.41, 5.74) is 0. The van der Waals surface area contributed by atoms with Crippen LogP contribution in [0.2, 0.25) is 0 Å². The molecule has 1 aliphatic rings. The summed E-state index contributed by atoms with van der Waals surface area (Å²) in [6.45, 7) is 6.33. The van der Waals surface area contributed by atoms with Crippen LogP contribution in [0.5, 0.6) is 0 Å². The summed E-state index contributed by atoms with van der Waals surface area (Å²) >= 11 is 1.67. The summed E-state index contributed by atoms with van der Waals surface area (Å²) in [4.78, 5) is 24.0. The van der Waals surface area contributed by atoms with Crippen molar-refractivity contribution in [2.75, 3.05) is 20.1 Å². The van der Waals surface area contributed by atoms with Crippen molar-refractivity contribution in [3.05, 3.63) is 16.1 Å². The van der Waals surface area contributed by atoms with Gasteiger partial charge in [0.05, 0.1) is 6.54 Å². The number of hydrogen-bond acceptors (Lipinski definition) is 4. The Hall–Kier alpha value is -1.63. The zero-order chi connectivity index (χ0) is 16.7. The zero-order valence-corrected chi connectivity index (χ0v) is 15.1. The van der Waals surface area contributed by atoms with E-state index in [-0.39, 0.29) is 5.91 Å². The number of likely N-dealkylation sites (tertiary alicyclic amines) is 1. The second-order valence-electron chi connectivity index (χ2n) is 5.90. The lowest BCUT2D eigenvalue weighted by molar-refractivity contribution is -0.134. The van der Waals surface area contributed by atoms with Gasteiger partial charge in [0.15, 0.2) is 5.96 Å². The Morgan fingerprint density at radius 3 is 2.96 bits per heavy atom. The number of aromatic nitrogens is 1. The smallest absolute Gasteiger partial charge is 0.224 e. The Balaban J connectivity index is 1.69. The van der Waals surface area contributed by atoms with Crippen molar-refractivity contribution < 1.29 is 4.79 Å². The topological polar surface area (TPSA) is 69.6 Å². The van der Waals surface area contributed by atoms with Gasteiger partial charge in [0.2, 0.25) is 5.91 Å². The van der Waals surface area contributed by atoms with Gasteiger partial charge in [-0.1, -0.05) is 0 Å². The normalized spacial score (nSPS) is 18.8. The number of guanidine groups is 1. The monoisotopic (exact) mass is 337 g/mol. The Morgan fingerprint density at radius 1 is 1.48 bits per heavy atom. The number of nitrogens with one attached hydrogen (secondary N) is 2. The number of piperidine rings is 1. The molecule has 2 rings (SSSR count). The highest BCUT2D eigenvalue weighted by atomic mass is 32.1. The predicted octanol–water partition coefficient (Wildman–Crippen LogP) is 1.91. The van der Waals surface area contributed by atoms with Crippen molar-refractivity contribution in [2.24, 2.45) is 4.99 Å². The number of carbonyl (C=O) groups is 1. The second-order valence-corrected chi connectivity index (χ2v) is 7.22. The number of hydrogen-bond donors (Lipinski definition) is 2. The van der Waals surface area contributed by atoms with Crippen LogP contribution in [0, 0.1) is 6.92 Å². The highest BCUT2D eigenvalue weighted by Gasteiger charge is 2.22. The molecule has 0 saturated carbocycles. The average molecular weight is 337 g/mol. The number of amides is 1. The molecule has 128 valence electrons. The molecular weight excluding hydrogens is 310 g/mol. The number of carbonyl (C=O) groups excluding carboxylic acids is 1. The van der Waals surface area contributed by atoms with E-state index in [1.807, 2.05) is 18.0 Å². The number of thiazole rings is 1. The Morgan fingerprint density at radius 2 is 2.30 bits per heavy atom. The molecule has 1 aromatic heterocycles. The number of aryl methyl sites for hydroxylation is 1. The quantitative estimate of drug-likeness (QED) is 0.636. The maximum Gasteiger partial charge on any atom is 0.224 e. The largest absolute Gasteiger partial charge is 0.356 e. The standard InChI is InChI=1S/C16H27N5OS/c1-12-6-4-5-9-21(12)15(22)7-8-18-16(17-3)20-11-14-19-10-13(2)23-14/h10,12H,4-9,11H2,1-3H3,(H2,17,18,20). The molecule has 7 heteroatoms. The molecule has 1 amide bonds. The highest BCUT2D eigenvalue weighted by Crippen LogP contribution is 2.17. The lowest BCUT2D eigenvalue weighted by atomic mass is 10.0. The first-order chi connectivity index (χ1) is 11.1. The summed E-state index contributed by atoms with van der Waals surface area (Å²) in [6, 6.07) is 0.377. The molecule has 1 aliphatic heterocycles. The van der Waals surface area contributed by atoms with E-state index in [2.05, 4.69) is 27.5 Å². The zero-order valence-electron chi connectivity index (χ0n) is 14.3. The van der Waals surface area contributed by atoms with E-state index in [1.165, 1.54) is 11.3 Å². The van der Waals surface area contributed by atoms with E-state index >= 15 is 0 Å². The van der Waals surface area contributed by atoms with Crippen molar-refractivity contribution in [3.8, 4) is 0 Å². The summed E-state index contributed by atoms with van der Waals surface area (Å²) in [7, 11) is 1.73. The molecule has 1 unspecified atom stereocenters. The first-order valence-corrected chi connectivity index (χ1v) is 9.07. The first-order valence-electron chi connectivity index (χ1n) is 8.25. The maximum atomic E-state index is 12.3. The summed E-state index contributed by atoms with van der Waals surface area (Å²) < 4.78 is 0. The van der Waals surface area contributed by atoms with Gasteiger partial charge >= 0.3 is 0 Å². The third-order valence-corrected chi connectivity index (χ3v) is 4.97. The van der Waals surface area contributed by atoms with Crippen LogP contribution in [-0.2, 0) is 11.3 Å². The minimum atomic E-state index is 0.232. The third kappa shape index (κ3) is 5.49. The predicted molar refractivity (Wildman–Crippen MR) is 94.7 cm³/mol. The number of aliphatic imine (C=N–C) groups is 1. The van der Waals surface area contributed by atoms with Crippen molar-refractivity contribution in [1.29, 1.82) is 0 Å². The molecule has 6 nitrogen and oxygen atoms in total. The van der Waals surface area contributed by atoms with Gasteiger partial charge in [0.1, 0.15) is 5.01 Å². The molecule has 0 radical (unpaired) electrons. The molecule has 2 N–H and O–H groups in total. The van der Waals surface area contributed by atoms with Crippen LogP contribution in [0.3, 0.4) is 0 Å². The summed E-state index contributed by atoms with van der Waals surface area (Å²) in [6.07, 6.45) is 5.85. The van der Waals surface area contributed by atoms with E-state index < -0.39 is 0 Å². The fourth-order valence-corrected chi connectivity index (χ4v) is 3.49. The van der Waals surface area contributed by atoms with Gasteiger partial charge in [-0.15, -0.1) is 11.3 Å². The van der Waals surface area contributed by atoms with E-state index in [9.17, 15) is 4.79 Å². The van der Waals surface area contributed by atoms with Crippen LogP contribution in [0.1, 0.15) is 42.5 Å². The molecule has 1 saturated heterocycles. The maximum absolute atomic E-state index is 12.3. The molecular formula is C16H27N5OS. The van der Waals surface area contributed by atoms with Gasteiger partial charge in [-0.05, 0) is 33.1 Å². The van der Waals surface area contributed by atoms with Crippen molar-refractivity contribution in [2.45, 2.75) is 52.1 Å². The van der Waals surface area contributed by atoms with E-state index in [1.54, 1.807) is 18.4 Å².